The van der Waals surface area contributed by atoms with E-state index < -0.39 is 0 Å². The maximum atomic E-state index is 9.21. The van der Waals surface area contributed by atoms with Crippen molar-refractivity contribution in [2.75, 3.05) is 5.73 Å². The highest BCUT2D eigenvalue weighted by atomic mass is 15.3. The van der Waals surface area contributed by atoms with Crippen molar-refractivity contribution in [1.82, 2.24) is 9.78 Å². The molecule has 0 aliphatic rings. The fraction of sp³-hybridized carbons (Fsp3) is 0.333. The van der Waals surface area contributed by atoms with Crippen LogP contribution in [-0.4, -0.2) is 9.78 Å². The monoisotopic (exact) mass is 254 g/mol. The number of aryl methyl sites for hydroxylation is 3. The predicted molar refractivity (Wildman–Crippen MR) is 76.2 cm³/mol. The van der Waals surface area contributed by atoms with E-state index >= 15 is 0 Å². The number of nitrogens with zero attached hydrogens (tertiary/aromatic N) is 3. The Hall–Kier alpha value is -2.28. The number of nitrogen functional groups attached to an aromatic ring is 1. The van der Waals surface area contributed by atoms with E-state index in [9.17, 15) is 5.26 Å². The van der Waals surface area contributed by atoms with Crippen LogP contribution in [0.1, 0.15) is 35.7 Å². The van der Waals surface area contributed by atoms with Crippen molar-refractivity contribution in [3.8, 4) is 11.8 Å². The van der Waals surface area contributed by atoms with Crippen LogP contribution in [-0.2, 0) is 6.42 Å². The first-order valence-electron chi connectivity index (χ1n) is 6.43. The van der Waals surface area contributed by atoms with E-state index in [0.29, 0.717) is 11.4 Å². The molecule has 2 rings (SSSR count). The largest absolute Gasteiger partial charge is 0.382 e. The van der Waals surface area contributed by atoms with Crippen molar-refractivity contribution in [3.63, 3.8) is 0 Å². The van der Waals surface area contributed by atoms with Gasteiger partial charge in [-0.25, -0.2) is 4.68 Å². The highest BCUT2D eigenvalue weighted by Crippen LogP contribution is 2.22. The van der Waals surface area contributed by atoms with Crippen LogP contribution in [0.4, 0.5) is 5.82 Å². The molecule has 2 N–H and O–H groups in total. The second-order valence-electron chi connectivity index (χ2n) is 4.83. The third kappa shape index (κ3) is 2.45. The molecule has 0 saturated heterocycles. The van der Waals surface area contributed by atoms with E-state index in [1.54, 1.807) is 4.68 Å². The van der Waals surface area contributed by atoms with Crippen LogP contribution in [0.15, 0.2) is 18.2 Å². The topological polar surface area (TPSA) is 67.6 Å². The fourth-order valence-electron chi connectivity index (χ4n) is 2.28. The summed E-state index contributed by atoms with van der Waals surface area (Å²) in [5.74, 6) is 0.427. The number of rotatable bonds is 3. The van der Waals surface area contributed by atoms with Crippen molar-refractivity contribution in [2.24, 2.45) is 0 Å². The molecule has 0 amide bonds. The van der Waals surface area contributed by atoms with Crippen LogP contribution < -0.4 is 5.73 Å². The zero-order valence-electron chi connectivity index (χ0n) is 11.6. The summed E-state index contributed by atoms with van der Waals surface area (Å²) >= 11 is 0. The molecule has 19 heavy (non-hydrogen) atoms. The zero-order valence-corrected chi connectivity index (χ0v) is 11.6. The Bertz CT molecular complexity index is 627. The highest BCUT2D eigenvalue weighted by Gasteiger charge is 2.15. The van der Waals surface area contributed by atoms with Crippen LogP contribution in [0.25, 0.3) is 5.69 Å². The first-order chi connectivity index (χ1) is 9.06. The average molecular weight is 254 g/mol. The van der Waals surface area contributed by atoms with Crippen LogP contribution in [0.5, 0.6) is 0 Å². The summed E-state index contributed by atoms with van der Waals surface area (Å²) < 4.78 is 1.67. The minimum Gasteiger partial charge on any atom is -0.382 e. The smallest absolute Gasteiger partial charge is 0.145 e. The second-order valence-corrected chi connectivity index (χ2v) is 4.83. The van der Waals surface area contributed by atoms with Gasteiger partial charge >= 0.3 is 0 Å². The molecule has 1 aromatic carbocycles. The molecule has 0 fully saturated rings. The van der Waals surface area contributed by atoms with Crippen molar-refractivity contribution >= 4 is 5.82 Å². The van der Waals surface area contributed by atoms with Crippen LogP contribution in [0, 0.1) is 25.2 Å². The van der Waals surface area contributed by atoms with E-state index in [-0.39, 0.29) is 0 Å². The first kappa shape index (κ1) is 13.2. The van der Waals surface area contributed by atoms with Gasteiger partial charge in [0.05, 0.1) is 11.4 Å². The van der Waals surface area contributed by atoms with Crippen molar-refractivity contribution in [1.29, 1.82) is 5.26 Å². The van der Waals surface area contributed by atoms with Gasteiger partial charge in [-0.15, -0.1) is 0 Å². The Morgan fingerprint density at radius 2 is 1.89 bits per heavy atom. The lowest BCUT2D eigenvalue weighted by molar-refractivity contribution is 0.809. The summed E-state index contributed by atoms with van der Waals surface area (Å²) in [6, 6.07) is 8.30. The summed E-state index contributed by atoms with van der Waals surface area (Å²) in [7, 11) is 0. The number of hydrogen-bond donors (Lipinski definition) is 1. The van der Waals surface area contributed by atoms with Gasteiger partial charge in [-0.1, -0.05) is 19.4 Å². The van der Waals surface area contributed by atoms with Gasteiger partial charge in [0, 0.05) is 0 Å². The van der Waals surface area contributed by atoms with E-state index in [1.165, 1.54) is 0 Å². The quantitative estimate of drug-likeness (QED) is 0.915. The number of nitriles is 1. The predicted octanol–water partition coefficient (Wildman–Crippen LogP) is 2.90. The number of nitrogens with two attached hydrogens (primary N) is 1. The number of aromatic nitrogens is 2. The van der Waals surface area contributed by atoms with E-state index in [1.807, 2.05) is 26.0 Å². The van der Waals surface area contributed by atoms with E-state index in [0.717, 1.165) is 35.3 Å². The standard InChI is InChI=1S/C15H18N4/c1-4-5-14-13(9-16)15(17)19(18-14)12-7-10(2)6-11(3)8-12/h6-8H,4-5,17H2,1-3H3. The average Bonchev–Trinajstić information content (AvgIpc) is 2.65. The summed E-state index contributed by atoms with van der Waals surface area (Å²) in [4.78, 5) is 0. The minimum atomic E-state index is 0.427. The summed E-state index contributed by atoms with van der Waals surface area (Å²) in [6.45, 7) is 6.13. The lowest BCUT2D eigenvalue weighted by Gasteiger charge is -2.06. The zero-order chi connectivity index (χ0) is 14.0. The molecule has 0 radical (unpaired) electrons. The lowest BCUT2D eigenvalue weighted by Crippen LogP contribution is -2.03. The number of hydrogen-bond acceptors (Lipinski definition) is 3. The number of benzene rings is 1. The summed E-state index contributed by atoms with van der Waals surface area (Å²) in [5.41, 5.74) is 10.6. The van der Waals surface area contributed by atoms with Crippen LogP contribution in [0.3, 0.4) is 0 Å². The Morgan fingerprint density at radius 3 is 2.42 bits per heavy atom. The third-order valence-electron chi connectivity index (χ3n) is 3.04. The van der Waals surface area contributed by atoms with Gasteiger partial charge in [0.15, 0.2) is 0 Å². The summed E-state index contributed by atoms with van der Waals surface area (Å²) in [5, 5.41) is 13.7. The van der Waals surface area contributed by atoms with Gasteiger partial charge in [0.1, 0.15) is 17.5 Å². The molecule has 0 bridgehead atoms. The van der Waals surface area contributed by atoms with Gasteiger partial charge in [0.25, 0.3) is 0 Å². The van der Waals surface area contributed by atoms with Gasteiger partial charge in [-0.3, -0.25) is 0 Å². The van der Waals surface area contributed by atoms with Crippen molar-refractivity contribution < 1.29 is 0 Å². The Kier molecular flexibility index (Phi) is 3.57. The van der Waals surface area contributed by atoms with Crippen molar-refractivity contribution in [3.05, 3.63) is 40.6 Å². The van der Waals surface area contributed by atoms with Gasteiger partial charge in [0.2, 0.25) is 0 Å². The Balaban J connectivity index is 2.59. The first-order valence-corrected chi connectivity index (χ1v) is 6.43. The minimum absolute atomic E-state index is 0.427. The third-order valence-corrected chi connectivity index (χ3v) is 3.04. The van der Waals surface area contributed by atoms with E-state index in [4.69, 9.17) is 5.73 Å². The molecule has 0 saturated carbocycles. The van der Waals surface area contributed by atoms with Crippen LogP contribution in [0.2, 0.25) is 0 Å². The molecule has 98 valence electrons. The molecule has 0 unspecified atom stereocenters. The fourth-order valence-corrected chi connectivity index (χ4v) is 2.28. The Labute approximate surface area is 113 Å². The maximum absolute atomic E-state index is 9.21. The molecule has 0 spiro atoms. The van der Waals surface area contributed by atoms with Gasteiger partial charge in [-0.2, -0.15) is 10.4 Å². The molecule has 1 aromatic heterocycles. The van der Waals surface area contributed by atoms with Gasteiger partial charge < -0.3 is 5.73 Å². The van der Waals surface area contributed by atoms with E-state index in [2.05, 4.69) is 24.2 Å². The SMILES string of the molecule is CCCc1nn(-c2cc(C)cc(C)c2)c(N)c1C#N. The highest BCUT2D eigenvalue weighted by molar-refractivity contribution is 5.57. The molecule has 4 nitrogen and oxygen atoms in total. The van der Waals surface area contributed by atoms with Crippen molar-refractivity contribution in [2.45, 2.75) is 33.6 Å². The molecule has 0 aliphatic heterocycles. The molecular formula is C15H18N4. The lowest BCUT2D eigenvalue weighted by atomic mass is 10.1. The second kappa shape index (κ2) is 5.15. The molecule has 0 atom stereocenters. The van der Waals surface area contributed by atoms with Crippen LogP contribution >= 0.6 is 0 Å². The molecule has 2 aromatic rings. The number of anilines is 1. The molecule has 4 heteroatoms. The molecule has 1 heterocycles. The maximum Gasteiger partial charge on any atom is 0.145 e. The Morgan fingerprint density at radius 1 is 1.26 bits per heavy atom. The summed E-state index contributed by atoms with van der Waals surface area (Å²) in [6.07, 6.45) is 1.71. The molecular weight excluding hydrogens is 236 g/mol. The molecule has 0 aliphatic carbocycles. The van der Waals surface area contributed by atoms with Gasteiger partial charge in [-0.05, 0) is 43.5 Å². The normalized spacial score (nSPS) is 10.4.